The molecule has 7 nitrogen and oxygen atoms in total. The number of ether oxygens (including phenoxy) is 3. The highest BCUT2D eigenvalue weighted by Gasteiger charge is 2.55. The predicted octanol–water partition coefficient (Wildman–Crippen LogP) is 12.7. The highest BCUT2D eigenvalue weighted by molar-refractivity contribution is 6.39. The van der Waals surface area contributed by atoms with Gasteiger partial charge in [0, 0.05) is 52.7 Å². The second kappa shape index (κ2) is 17.9. The Balaban J connectivity index is 1.46. The van der Waals surface area contributed by atoms with Crippen molar-refractivity contribution < 1.29 is 42.0 Å². The Morgan fingerprint density at radius 3 is 2.40 bits per heavy atom. The van der Waals surface area contributed by atoms with Gasteiger partial charge in [0.25, 0.3) is 0 Å². The van der Waals surface area contributed by atoms with Crippen molar-refractivity contribution in [1.82, 2.24) is 4.90 Å². The predicted molar refractivity (Wildman–Crippen MR) is 203 cm³/mol. The smallest absolute Gasteiger partial charge is 0.431 e. The number of carbonyl (C=O) groups is 1. The normalized spacial score (nSPS) is 23.2. The third kappa shape index (κ3) is 9.99. The molecular weight excluding hydrogens is 730 g/mol. The molecule has 0 radical (unpaired) electrons. The Bertz CT molecular complexity index is 1730. The van der Waals surface area contributed by atoms with E-state index in [4.69, 9.17) is 47.2 Å². The first-order chi connectivity index (χ1) is 25.2. The Morgan fingerprint density at radius 2 is 1.74 bits per heavy atom. The lowest BCUT2D eigenvalue weighted by molar-refractivity contribution is -0.361. The summed E-state index contributed by atoms with van der Waals surface area (Å²) in [6, 6.07) is 8.54. The van der Waals surface area contributed by atoms with Crippen molar-refractivity contribution in [2.75, 3.05) is 19.6 Å². The minimum Gasteiger partial charge on any atom is -0.431 e. The van der Waals surface area contributed by atoms with E-state index in [0.29, 0.717) is 70.8 Å². The van der Waals surface area contributed by atoms with Crippen LogP contribution in [-0.2, 0) is 30.2 Å². The number of halogens is 5. The molecule has 5 atom stereocenters. The summed E-state index contributed by atoms with van der Waals surface area (Å²) in [5.74, 6) is -2.03. The Morgan fingerprint density at radius 1 is 1.02 bits per heavy atom. The van der Waals surface area contributed by atoms with Gasteiger partial charge in [0.2, 0.25) is 11.6 Å². The van der Waals surface area contributed by atoms with Crippen molar-refractivity contribution in [3.63, 3.8) is 0 Å². The monoisotopic (exact) mass is 781 g/mol. The molecular formula is C41H52Cl2F3NO6. The van der Waals surface area contributed by atoms with E-state index in [9.17, 15) is 18.0 Å². The first-order valence-electron chi connectivity index (χ1n) is 18.9. The van der Waals surface area contributed by atoms with Gasteiger partial charge in [0.15, 0.2) is 0 Å². The van der Waals surface area contributed by atoms with Crippen molar-refractivity contribution >= 4 is 50.9 Å². The molecule has 12 heteroatoms. The molecule has 2 aliphatic rings. The Hall–Kier alpha value is -2.60. The number of hydrogen-bond donors (Lipinski definition) is 0. The minimum absolute atomic E-state index is 0.0223. The molecule has 0 N–H and O–H groups in total. The molecule has 1 heterocycles. The molecule has 5 unspecified atom stereocenters. The van der Waals surface area contributed by atoms with Crippen LogP contribution in [0.3, 0.4) is 0 Å². The van der Waals surface area contributed by atoms with Crippen LogP contribution in [0.15, 0.2) is 49.1 Å². The maximum atomic E-state index is 14.0. The molecule has 0 aromatic heterocycles. The largest absolute Gasteiger partial charge is 0.509 e. The molecule has 1 saturated heterocycles. The van der Waals surface area contributed by atoms with Crippen molar-refractivity contribution in [2.45, 2.75) is 128 Å². The lowest BCUT2D eigenvalue weighted by atomic mass is 9.89. The molecule has 53 heavy (non-hydrogen) atoms. The summed E-state index contributed by atoms with van der Waals surface area (Å²) in [6.07, 6.45) is 2.94. The summed E-state index contributed by atoms with van der Waals surface area (Å²) >= 11 is 13.0. The van der Waals surface area contributed by atoms with Crippen molar-refractivity contribution in [2.24, 2.45) is 5.92 Å². The lowest BCUT2D eigenvalue weighted by Crippen LogP contribution is -2.44. The number of benzene rings is 3. The summed E-state index contributed by atoms with van der Waals surface area (Å²) < 4.78 is 60.7. The number of nitrogens with zero attached hydrogens (tertiary/aromatic N) is 1. The minimum atomic E-state index is -4.58. The fraction of sp³-hybridized carbons (Fsp3) is 0.585. The van der Waals surface area contributed by atoms with Gasteiger partial charge in [0.05, 0.1) is 5.56 Å². The first-order valence-corrected chi connectivity index (χ1v) is 19.7. The summed E-state index contributed by atoms with van der Waals surface area (Å²) in [7, 11) is 0. The van der Waals surface area contributed by atoms with Crippen LogP contribution in [0.5, 0.6) is 0 Å². The van der Waals surface area contributed by atoms with Crippen LogP contribution < -0.4 is 0 Å². The third-order valence-corrected chi connectivity index (χ3v) is 11.1. The topological polar surface area (TPSA) is 66.5 Å². The summed E-state index contributed by atoms with van der Waals surface area (Å²) in [6.45, 7) is 14.4. The molecule has 1 aliphatic carbocycles. The molecule has 2 fully saturated rings. The average molecular weight is 783 g/mol. The van der Waals surface area contributed by atoms with Gasteiger partial charge in [-0.15, -0.1) is 6.58 Å². The van der Waals surface area contributed by atoms with Crippen LogP contribution >= 0.6 is 23.2 Å². The van der Waals surface area contributed by atoms with Gasteiger partial charge in [-0.25, -0.2) is 4.79 Å². The van der Waals surface area contributed by atoms with Crippen LogP contribution in [-0.4, -0.2) is 48.4 Å². The van der Waals surface area contributed by atoms with Crippen LogP contribution in [0.2, 0.25) is 10.0 Å². The number of carbonyl (C=O) groups excluding carboxylic acids is 1. The van der Waals surface area contributed by atoms with Crippen molar-refractivity contribution in [1.29, 1.82) is 0 Å². The van der Waals surface area contributed by atoms with E-state index in [1.54, 1.807) is 18.2 Å². The van der Waals surface area contributed by atoms with Gasteiger partial charge in [-0.1, -0.05) is 69.0 Å². The maximum absolute atomic E-state index is 14.0. The van der Waals surface area contributed by atoms with E-state index >= 15 is 0 Å². The van der Waals surface area contributed by atoms with Crippen LogP contribution in [0.25, 0.3) is 21.5 Å². The Labute approximate surface area is 320 Å². The van der Waals surface area contributed by atoms with Gasteiger partial charge >= 0.3 is 12.3 Å². The number of allylic oxidation sites excluding steroid dienone is 1. The molecule has 3 aromatic rings. The average Bonchev–Trinajstić information content (AvgIpc) is 3.44. The molecule has 1 aliphatic heterocycles. The van der Waals surface area contributed by atoms with Gasteiger partial charge in [-0.05, 0) is 105 Å². The van der Waals surface area contributed by atoms with Crippen LogP contribution in [0.1, 0.15) is 116 Å². The van der Waals surface area contributed by atoms with Crippen LogP contribution in [0, 0.1) is 5.92 Å². The lowest BCUT2D eigenvalue weighted by Gasteiger charge is -2.36. The number of unbranched alkanes of at least 4 members (excludes halogenated alkanes) is 2. The zero-order chi connectivity index (χ0) is 38.4. The summed E-state index contributed by atoms with van der Waals surface area (Å²) in [5.41, 5.74) is -0.271. The summed E-state index contributed by atoms with van der Waals surface area (Å²) in [5, 5.41) is 2.35. The highest BCUT2D eigenvalue weighted by Crippen LogP contribution is 2.48. The van der Waals surface area contributed by atoms with Gasteiger partial charge in [-0.2, -0.15) is 22.9 Å². The second-order valence-corrected chi connectivity index (χ2v) is 15.4. The van der Waals surface area contributed by atoms with E-state index < -0.39 is 41.7 Å². The number of hydrogen-bond acceptors (Lipinski definition) is 7. The second-order valence-electron chi connectivity index (χ2n) is 14.6. The van der Waals surface area contributed by atoms with E-state index in [-0.39, 0.29) is 17.4 Å². The fourth-order valence-electron chi connectivity index (χ4n) is 7.69. The molecule has 0 bridgehead atoms. The first kappa shape index (κ1) is 41.6. The molecule has 0 amide bonds. The standard InChI is InChI=1S/C41H52Cl2F3NO6/c1-6-10-19-47(20-11-7-2)21-17-37(35-25-34-33(23-29(42)24-36(34)43)32-22-28(41(44,45)46)15-16-31(32)35)50-38(48)49-30-14-12-18-40(26-30)51-39(5,52-53-40)27(9-4)13-8-3/h8,15-16,22-25,27,30,37H,3,6-7,9-14,17-21,26H2,1-2,4-5H3. The van der Waals surface area contributed by atoms with E-state index in [2.05, 4.69) is 32.3 Å². The Kier molecular flexibility index (Phi) is 14.0. The molecule has 5 rings (SSSR count). The fourth-order valence-corrected chi connectivity index (χ4v) is 8.24. The summed E-state index contributed by atoms with van der Waals surface area (Å²) in [4.78, 5) is 27.8. The highest BCUT2D eigenvalue weighted by atomic mass is 35.5. The van der Waals surface area contributed by atoms with E-state index in [0.717, 1.165) is 57.3 Å². The SMILES string of the molecule is C=CCC(CC)C1(C)OOC2(CCCC(OC(=O)OC(CCN(CCCC)CCCC)c3cc4c(Cl)cc(Cl)cc4c4cc(C(F)(F)F)ccc34)C2)O1. The van der Waals surface area contributed by atoms with E-state index in [1.807, 2.05) is 13.0 Å². The van der Waals surface area contributed by atoms with E-state index in [1.165, 1.54) is 6.07 Å². The third-order valence-electron chi connectivity index (χ3n) is 10.6. The van der Waals surface area contributed by atoms with Crippen molar-refractivity contribution in [3.05, 3.63) is 70.2 Å². The zero-order valence-electron chi connectivity index (χ0n) is 31.2. The zero-order valence-corrected chi connectivity index (χ0v) is 32.7. The van der Waals surface area contributed by atoms with Gasteiger partial charge in [0.1, 0.15) is 12.2 Å². The van der Waals surface area contributed by atoms with Crippen LogP contribution in [0.4, 0.5) is 18.0 Å². The van der Waals surface area contributed by atoms with Gasteiger partial charge < -0.3 is 19.1 Å². The quantitative estimate of drug-likeness (QED) is 0.0620. The maximum Gasteiger partial charge on any atom is 0.509 e. The van der Waals surface area contributed by atoms with Gasteiger partial charge in [-0.3, -0.25) is 0 Å². The number of alkyl halides is 3. The molecule has 1 spiro atoms. The van der Waals surface area contributed by atoms with Crippen molar-refractivity contribution in [3.8, 4) is 0 Å². The number of fused-ring (bicyclic) bond motifs is 3. The molecule has 1 saturated carbocycles. The molecule has 3 aromatic carbocycles. The number of rotatable bonds is 16. The molecule has 292 valence electrons.